The summed E-state index contributed by atoms with van der Waals surface area (Å²) in [7, 11) is 3.16. The first-order chi connectivity index (χ1) is 15.4. The Morgan fingerprint density at radius 3 is 2.16 bits per heavy atom. The second kappa shape index (κ2) is 8.89. The molecular weight excluding hydrogens is 424 g/mol. The average molecular weight is 447 g/mol. The molecule has 1 heterocycles. The molecule has 32 heavy (non-hydrogen) atoms. The van der Waals surface area contributed by atoms with Crippen LogP contribution >= 0.6 is 11.6 Å². The second-order valence-corrected chi connectivity index (χ2v) is 8.01. The largest absolute Gasteiger partial charge is 0.493 e. The molecule has 3 aromatic carbocycles. The second-order valence-electron chi connectivity index (χ2n) is 7.57. The minimum Gasteiger partial charge on any atom is -0.493 e. The lowest BCUT2D eigenvalue weighted by atomic mass is 10.1. The predicted octanol–water partition coefficient (Wildman–Crippen LogP) is 5.81. The molecule has 0 aromatic heterocycles. The van der Waals surface area contributed by atoms with Crippen LogP contribution in [-0.2, 0) is 4.79 Å². The van der Waals surface area contributed by atoms with Crippen molar-refractivity contribution in [3.63, 3.8) is 0 Å². The molecule has 162 valence electrons. The van der Waals surface area contributed by atoms with Crippen LogP contribution in [0.1, 0.15) is 22.3 Å². The molecule has 0 aliphatic carbocycles. The van der Waals surface area contributed by atoms with Gasteiger partial charge in [-0.15, -0.1) is 0 Å². The number of nitrogens with zero attached hydrogens (tertiary/aromatic N) is 2. The number of aryl methyl sites for hydroxylation is 2. The number of hydrogen-bond acceptors (Lipinski definition) is 4. The van der Waals surface area contributed by atoms with Crippen molar-refractivity contribution in [2.24, 2.45) is 4.99 Å². The van der Waals surface area contributed by atoms with E-state index >= 15 is 0 Å². The Kier molecular flexibility index (Phi) is 6.01. The van der Waals surface area contributed by atoms with E-state index < -0.39 is 0 Å². The van der Waals surface area contributed by atoms with Crippen molar-refractivity contribution < 1.29 is 14.3 Å². The monoisotopic (exact) mass is 446 g/mol. The van der Waals surface area contributed by atoms with Gasteiger partial charge in [0.1, 0.15) is 11.5 Å². The van der Waals surface area contributed by atoms with Crippen LogP contribution in [0.2, 0.25) is 5.02 Å². The molecule has 0 atom stereocenters. The molecule has 0 radical (unpaired) electrons. The van der Waals surface area contributed by atoms with Gasteiger partial charge in [0.2, 0.25) is 0 Å². The van der Waals surface area contributed by atoms with E-state index in [4.69, 9.17) is 26.1 Å². The Bertz CT molecular complexity index is 1230. The molecule has 3 aromatic rings. The fourth-order valence-corrected chi connectivity index (χ4v) is 3.86. The molecule has 1 aliphatic rings. The number of amidine groups is 1. The van der Waals surface area contributed by atoms with Crippen LogP contribution in [0.25, 0.3) is 6.08 Å². The molecule has 0 N–H and O–H groups in total. The topological polar surface area (TPSA) is 51.1 Å². The van der Waals surface area contributed by atoms with Crippen LogP contribution in [0.5, 0.6) is 11.5 Å². The van der Waals surface area contributed by atoms with Crippen LogP contribution in [-0.4, -0.2) is 26.0 Å². The van der Waals surface area contributed by atoms with Crippen LogP contribution < -0.4 is 14.4 Å². The van der Waals surface area contributed by atoms with E-state index in [2.05, 4.69) is 6.07 Å². The zero-order valence-electron chi connectivity index (χ0n) is 18.3. The number of carbonyl (C=O) groups excluding carboxylic acids is 1. The van der Waals surface area contributed by atoms with E-state index in [1.165, 1.54) is 0 Å². The van der Waals surface area contributed by atoms with E-state index in [0.717, 1.165) is 27.9 Å². The van der Waals surface area contributed by atoms with Gasteiger partial charge in [0.05, 0.1) is 19.9 Å². The van der Waals surface area contributed by atoms with Crippen molar-refractivity contribution in [1.29, 1.82) is 0 Å². The van der Waals surface area contributed by atoms with Crippen molar-refractivity contribution in [2.45, 2.75) is 13.8 Å². The summed E-state index contributed by atoms with van der Waals surface area (Å²) >= 11 is 6.08. The predicted molar refractivity (Wildman–Crippen MR) is 129 cm³/mol. The van der Waals surface area contributed by atoms with Crippen molar-refractivity contribution in [2.75, 3.05) is 19.1 Å². The molecule has 4 rings (SSSR count). The summed E-state index contributed by atoms with van der Waals surface area (Å²) in [6, 6.07) is 18.8. The number of carbonyl (C=O) groups is 1. The number of ether oxygens (including phenoxy) is 2. The van der Waals surface area contributed by atoms with Gasteiger partial charge in [0, 0.05) is 10.6 Å². The van der Waals surface area contributed by atoms with Gasteiger partial charge in [0.15, 0.2) is 11.5 Å². The zero-order chi connectivity index (χ0) is 22.8. The number of hydrogen-bond donors (Lipinski definition) is 0. The van der Waals surface area contributed by atoms with Gasteiger partial charge in [-0.1, -0.05) is 23.7 Å². The highest BCUT2D eigenvalue weighted by Gasteiger charge is 2.32. The molecule has 5 nitrogen and oxygen atoms in total. The normalized spacial score (nSPS) is 14.7. The minimum absolute atomic E-state index is 0.199. The lowest BCUT2D eigenvalue weighted by molar-refractivity contribution is -0.113. The molecule has 0 bridgehead atoms. The number of anilines is 1. The minimum atomic E-state index is -0.199. The third-order valence-electron chi connectivity index (χ3n) is 5.14. The summed E-state index contributed by atoms with van der Waals surface area (Å²) in [5.74, 6) is 1.56. The standard InChI is InChI=1S/C26H23ClN2O3/c1-16-11-17(2)13-21(12-16)29-25(19-6-8-20(27)9-7-19)28-22(26(29)30)14-18-5-10-23(31-3)24(15-18)32-4/h5-15H,1-4H3. The average Bonchev–Trinajstić information content (AvgIpc) is 3.09. The van der Waals surface area contributed by atoms with E-state index in [9.17, 15) is 4.79 Å². The Hall–Kier alpha value is -3.57. The van der Waals surface area contributed by atoms with Crippen molar-refractivity contribution in [1.82, 2.24) is 0 Å². The number of aliphatic imine (C=N–C) groups is 1. The van der Waals surface area contributed by atoms with Crippen LogP contribution in [0.15, 0.2) is 71.4 Å². The lowest BCUT2D eigenvalue weighted by Gasteiger charge is -2.20. The highest BCUT2D eigenvalue weighted by molar-refractivity contribution is 6.34. The molecule has 0 saturated heterocycles. The van der Waals surface area contributed by atoms with E-state index in [1.54, 1.807) is 43.4 Å². The zero-order valence-corrected chi connectivity index (χ0v) is 19.1. The number of methoxy groups -OCH3 is 2. The maximum atomic E-state index is 13.5. The van der Waals surface area contributed by atoms with Gasteiger partial charge < -0.3 is 9.47 Å². The van der Waals surface area contributed by atoms with Gasteiger partial charge >= 0.3 is 0 Å². The smallest absolute Gasteiger partial charge is 0.282 e. The third kappa shape index (κ3) is 4.25. The maximum Gasteiger partial charge on any atom is 0.282 e. The van der Waals surface area contributed by atoms with Crippen LogP contribution in [0.3, 0.4) is 0 Å². The molecule has 6 heteroatoms. The van der Waals surface area contributed by atoms with Gasteiger partial charge in [-0.25, -0.2) is 4.99 Å². The van der Waals surface area contributed by atoms with Crippen LogP contribution in [0.4, 0.5) is 5.69 Å². The summed E-state index contributed by atoms with van der Waals surface area (Å²) in [6.07, 6.45) is 1.75. The molecular formula is C26H23ClN2O3. The first-order valence-corrected chi connectivity index (χ1v) is 10.5. The van der Waals surface area contributed by atoms with Gasteiger partial charge in [-0.2, -0.15) is 0 Å². The first kappa shape index (κ1) is 21.7. The summed E-state index contributed by atoms with van der Waals surface area (Å²) in [5.41, 5.74) is 4.84. The van der Waals surface area contributed by atoms with E-state index in [1.807, 2.05) is 50.2 Å². The highest BCUT2D eigenvalue weighted by atomic mass is 35.5. The summed E-state index contributed by atoms with van der Waals surface area (Å²) < 4.78 is 10.7. The Balaban J connectivity index is 1.83. The lowest BCUT2D eigenvalue weighted by Crippen LogP contribution is -2.32. The van der Waals surface area contributed by atoms with Gasteiger partial charge in [0.25, 0.3) is 5.91 Å². The van der Waals surface area contributed by atoms with Crippen LogP contribution in [0, 0.1) is 13.8 Å². The summed E-state index contributed by atoms with van der Waals surface area (Å²) in [4.78, 5) is 19.9. The van der Waals surface area contributed by atoms with E-state index in [0.29, 0.717) is 28.1 Å². The Labute approximate surface area is 192 Å². The summed E-state index contributed by atoms with van der Waals surface area (Å²) in [5, 5.41) is 0.623. The number of halogens is 1. The van der Waals surface area contributed by atoms with Crippen molar-refractivity contribution >= 4 is 35.1 Å². The SMILES string of the molecule is COc1ccc(C=C2N=C(c3ccc(Cl)cc3)N(c3cc(C)cc(C)c3)C2=O)cc1OC. The quantitative estimate of drug-likeness (QED) is 0.465. The molecule has 1 aliphatic heterocycles. The van der Waals surface area contributed by atoms with Gasteiger partial charge in [-0.05, 0) is 85.1 Å². The maximum absolute atomic E-state index is 13.5. The molecule has 1 amide bonds. The molecule has 0 spiro atoms. The highest BCUT2D eigenvalue weighted by Crippen LogP contribution is 2.32. The van der Waals surface area contributed by atoms with Crippen molar-refractivity contribution in [3.8, 4) is 11.5 Å². The molecule has 0 fully saturated rings. The van der Waals surface area contributed by atoms with Crippen molar-refractivity contribution in [3.05, 3.63) is 93.6 Å². The number of amides is 1. The Morgan fingerprint density at radius 2 is 1.53 bits per heavy atom. The van der Waals surface area contributed by atoms with Gasteiger partial charge in [-0.3, -0.25) is 9.69 Å². The third-order valence-corrected chi connectivity index (χ3v) is 5.39. The molecule has 0 unspecified atom stereocenters. The number of benzene rings is 3. The summed E-state index contributed by atoms with van der Waals surface area (Å²) in [6.45, 7) is 4.02. The fourth-order valence-electron chi connectivity index (χ4n) is 3.73. The Morgan fingerprint density at radius 1 is 0.875 bits per heavy atom. The first-order valence-electron chi connectivity index (χ1n) is 10.1. The molecule has 0 saturated carbocycles. The number of rotatable bonds is 5. The fraction of sp³-hybridized carbons (Fsp3) is 0.154. The van der Waals surface area contributed by atoms with E-state index in [-0.39, 0.29) is 5.91 Å².